The lowest BCUT2D eigenvalue weighted by Gasteiger charge is -2.08. The third kappa shape index (κ3) is 3.84. The molecule has 0 atom stereocenters. The molecule has 0 saturated heterocycles. The van der Waals surface area contributed by atoms with E-state index in [1.54, 1.807) is 12.1 Å². The van der Waals surface area contributed by atoms with E-state index in [2.05, 4.69) is 10.3 Å². The van der Waals surface area contributed by atoms with E-state index in [-0.39, 0.29) is 6.04 Å². The van der Waals surface area contributed by atoms with Crippen LogP contribution in [0, 0.1) is 0 Å². The predicted molar refractivity (Wildman–Crippen MR) is 55.1 cm³/mol. The van der Waals surface area contributed by atoms with Gasteiger partial charge in [-0.15, -0.1) is 0 Å². The smallest absolute Gasteiger partial charge is 0.412 e. The van der Waals surface area contributed by atoms with Crippen molar-refractivity contribution in [2.24, 2.45) is 0 Å². The Labute approximate surface area is 88.4 Å². The van der Waals surface area contributed by atoms with Gasteiger partial charge in [-0.1, -0.05) is 0 Å². The number of carbonyl (C=O) groups excluding carboxylic acids is 1. The first-order chi connectivity index (χ1) is 7.11. The van der Waals surface area contributed by atoms with Crippen LogP contribution in [0.5, 0.6) is 11.6 Å². The van der Waals surface area contributed by atoms with Crippen molar-refractivity contribution in [2.45, 2.75) is 19.9 Å². The second-order valence-electron chi connectivity index (χ2n) is 3.22. The number of hydrogen-bond acceptors (Lipinski definition) is 4. The molecule has 0 aliphatic carbocycles. The van der Waals surface area contributed by atoms with Crippen molar-refractivity contribution in [3.05, 3.63) is 18.3 Å². The summed E-state index contributed by atoms with van der Waals surface area (Å²) in [6, 6.07) is 3.28. The van der Waals surface area contributed by atoms with Crippen molar-refractivity contribution in [1.29, 1.82) is 0 Å². The van der Waals surface area contributed by atoms with Crippen LogP contribution in [0.2, 0.25) is 0 Å². The summed E-state index contributed by atoms with van der Waals surface area (Å²) >= 11 is 0. The Morgan fingerprint density at radius 1 is 1.47 bits per heavy atom. The van der Waals surface area contributed by atoms with Gasteiger partial charge in [0.1, 0.15) is 0 Å². The highest BCUT2D eigenvalue weighted by atomic mass is 16.6. The molecule has 0 aromatic carbocycles. The molecule has 0 spiro atoms. The average molecular weight is 210 g/mol. The molecule has 0 unspecified atom stereocenters. The van der Waals surface area contributed by atoms with Gasteiger partial charge in [0.2, 0.25) is 5.88 Å². The van der Waals surface area contributed by atoms with Gasteiger partial charge in [-0.05, 0) is 19.9 Å². The number of nitrogens with one attached hydrogen (secondary N) is 1. The fourth-order valence-electron chi connectivity index (χ4n) is 0.920. The van der Waals surface area contributed by atoms with Crippen molar-refractivity contribution in [1.82, 2.24) is 10.3 Å². The summed E-state index contributed by atoms with van der Waals surface area (Å²) in [4.78, 5) is 15.1. The SMILES string of the molecule is COc1ccc(OC(=O)NC(C)C)cn1. The van der Waals surface area contributed by atoms with Crippen LogP contribution in [0.15, 0.2) is 18.3 Å². The lowest BCUT2D eigenvalue weighted by molar-refractivity contribution is 0.197. The summed E-state index contributed by atoms with van der Waals surface area (Å²) in [7, 11) is 1.52. The Morgan fingerprint density at radius 2 is 2.20 bits per heavy atom. The Morgan fingerprint density at radius 3 is 2.67 bits per heavy atom. The van der Waals surface area contributed by atoms with Gasteiger partial charge >= 0.3 is 6.09 Å². The van der Waals surface area contributed by atoms with Gasteiger partial charge in [0.05, 0.1) is 13.3 Å². The fraction of sp³-hybridized carbons (Fsp3) is 0.400. The standard InChI is InChI=1S/C10H14N2O3/c1-7(2)12-10(13)15-8-4-5-9(14-3)11-6-8/h4-7H,1-3H3,(H,12,13). The first-order valence-electron chi connectivity index (χ1n) is 4.60. The minimum absolute atomic E-state index is 0.0451. The minimum Gasteiger partial charge on any atom is -0.481 e. The number of ether oxygens (including phenoxy) is 2. The zero-order valence-electron chi connectivity index (χ0n) is 8.98. The summed E-state index contributed by atoms with van der Waals surface area (Å²) in [5.74, 6) is 0.862. The van der Waals surface area contributed by atoms with Crippen molar-refractivity contribution < 1.29 is 14.3 Å². The molecule has 1 N–H and O–H groups in total. The maximum Gasteiger partial charge on any atom is 0.412 e. The van der Waals surface area contributed by atoms with Crippen LogP contribution in [0.3, 0.4) is 0 Å². The van der Waals surface area contributed by atoms with Gasteiger partial charge in [0.15, 0.2) is 5.75 Å². The molecular weight excluding hydrogens is 196 g/mol. The Hall–Kier alpha value is -1.78. The van der Waals surface area contributed by atoms with E-state index in [1.165, 1.54) is 13.3 Å². The topological polar surface area (TPSA) is 60.5 Å². The predicted octanol–water partition coefficient (Wildman–Crippen LogP) is 1.59. The van der Waals surface area contributed by atoms with Crippen molar-refractivity contribution in [3.8, 4) is 11.6 Å². The Bertz CT molecular complexity index is 322. The number of amides is 1. The molecule has 1 aromatic rings. The molecule has 1 rings (SSSR count). The summed E-state index contributed by atoms with van der Waals surface area (Å²) in [6.07, 6.45) is 0.940. The first kappa shape index (κ1) is 11.3. The van der Waals surface area contributed by atoms with E-state index in [9.17, 15) is 4.79 Å². The molecule has 5 heteroatoms. The van der Waals surface area contributed by atoms with Crippen LogP contribution in [0.4, 0.5) is 4.79 Å². The third-order valence-corrected chi connectivity index (χ3v) is 1.54. The van der Waals surface area contributed by atoms with E-state index >= 15 is 0 Å². The highest BCUT2D eigenvalue weighted by Gasteiger charge is 2.05. The highest BCUT2D eigenvalue weighted by molar-refractivity contribution is 5.70. The lowest BCUT2D eigenvalue weighted by Crippen LogP contribution is -2.32. The van der Waals surface area contributed by atoms with Gasteiger partial charge in [0.25, 0.3) is 0 Å². The quantitative estimate of drug-likeness (QED) is 0.822. The van der Waals surface area contributed by atoms with Crippen LogP contribution in [0.25, 0.3) is 0 Å². The number of methoxy groups -OCH3 is 1. The van der Waals surface area contributed by atoms with E-state index in [0.29, 0.717) is 11.6 Å². The Balaban J connectivity index is 2.53. The van der Waals surface area contributed by atoms with Crippen molar-refractivity contribution in [3.63, 3.8) is 0 Å². The Kier molecular flexibility index (Phi) is 3.91. The molecule has 82 valence electrons. The van der Waals surface area contributed by atoms with Crippen LogP contribution in [-0.2, 0) is 0 Å². The molecule has 1 aromatic heterocycles. The lowest BCUT2D eigenvalue weighted by atomic mass is 10.4. The molecule has 0 saturated carbocycles. The van der Waals surface area contributed by atoms with Crippen LogP contribution in [0.1, 0.15) is 13.8 Å². The van der Waals surface area contributed by atoms with Crippen LogP contribution < -0.4 is 14.8 Å². The largest absolute Gasteiger partial charge is 0.481 e. The molecule has 15 heavy (non-hydrogen) atoms. The number of hydrogen-bond donors (Lipinski definition) is 1. The zero-order valence-corrected chi connectivity index (χ0v) is 8.98. The molecule has 0 aliphatic rings. The summed E-state index contributed by atoms with van der Waals surface area (Å²) < 4.78 is 9.83. The molecule has 0 aliphatic heterocycles. The zero-order chi connectivity index (χ0) is 11.3. The van der Waals surface area contributed by atoms with Gasteiger partial charge in [-0.25, -0.2) is 9.78 Å². The number of pyridine rings is 1. The van der Waals surface area contributed by atoms with Crippen LogP contribution in [-0.4, -0.2) is 24.2 Å². The number of rotatable bonds is 3. The highest BCUT2D eigenvalue weighted by Crippen LogP contribution is 2.13. The second kappa shape index (κ2) is 5.19. The van der Waals surface area contributed by atoms with Gasteiger partial charge < -0.3 is 14.8 Å². The van der Waals surface area contributed by atoms with E-state index in [0.717, 1.165) is 0 Å². The summed E-state index contributed by atoms with van der Waals surface area (Å²) in [6.45, 7) is 3.71. The van der Waals surface area contributed by atoms with E-state index in [4.69, 9.17) is 9.47 Å². The van der Waals surface area contributed by atoms with E-state index in [1.807, 2.05) is 13.8 Å². The molecule has 0 radical (unpaired) electrons. The van der Waals surface area contributed by atoms with Crippen LogP contribution >= 0.6 is 0 Å². The number of carbonyl (C=O) groups is 1. The van der Waals surface area contributed by atoms with Gasteiger partial charge in [0, 0.05) is 12.1 Å². The van der Waals surface area contributed by atoms with Gasteiger partial charge in [-0.3, -0.25) is 0 Å². The monoisotopic (exact) mass is 210 g/mol. The molecule has 0 bridgehead atoms. The van der Waals surface area contributed by atoms with Crippen molar-refractivity contribution >= 4 is 6.09 Å². The minimum atomic E-state index is -0.489. The second-order valence-corrected chi connectivity index (χ2v) is 3.22. The van der Waals surface area contributed by atoms with Crippen molar-refractivity contribution in [2.75, 3.05) is 7.11 Å². The maximum absolute atomic E-state index is 11.2. The fourth-order valence-corrected chi connectivity index (χ4v) is 0.920. The number of nitrogens with zero attached hydrogens (tertiary/aromatic N) is 1. The summed E-state index contributed by atoms with van der Waals surface area (Å²) in [5, 5.41) is 2.60. The average Bonchev–Trinajstić information content (AvgIpc) is 2.17. The molecular formula is C10H14N2O3. The maximum atomic E-state index is 11.2. The van der Waals surface area contributed by atoms with Gasteiger partial charge in [-0.2, -0.15) is 0 Å². The third-order valence-electron chi connectivity index (χ3n) is 1.54. The molecule has 0 fully saturated rings. The molecule has 1 amide bonds. The first-order valence-corrected chi connectivity index (χ1v) is 4.60. The molecule has 5 nitrogen and oxygen atoms in total. The van der Waals surface area contributed by atoms with E-state index < -0.39 is 6.09 Å². The molecule has 1 heterocycles. The number of aromatic nitrogens is 1. The normalized spacial score (nSPS) is 9.87. The summed E-state index contributed by atoms with van der Waals surface area (Å²) in [5.41, 5.74) is 0.